The molecule has 1 atom stereocenters. The van der Waals surface area contributed by atoms with Gasteiger partial charge in [-0.05, 0) is 45.2 Å². The number of rotatable bonds is 3. The van der Waals surface area contributed by atoms with Gasteiger partial charge in [-0.3, -0.25) is 19.4 Å². The molecule has 170 valence electrons. The van der Waals surface area contributed by atoms with Gasteiger partial charge in [0.05, 0.1) is 10.6 Å². The van der Waals surface area contributed by atoms with Crippen molar-refractivity contribution in [2.45, 2.75) is 44.2 Å². The summed E-state index contributed by atoms with van der Waals surface area (Å²) in [4.78, 5) is 44.0. The number of likely N-dealkylation sites (tertiary alicyclic amines) is 2. The van der Waals surface area contributed by atoms with E-state index >= 15 is 0 Å². The number of fused-ring (bicyclic) bond motifs is 1. The number of hydrogen-bond acceptors (Lipinski definition) is 6. The van der Waals surface area contributed by atoms with E-state index in [1.165, 1.54) is 16.2 Å². The molecule has 1 unspecified atom stereocenters. The fourth-order valence-electron chi connectivity index (χ4n) is 5.52. The lowest BCUT2D eigenvalue weighted by Gasteiger charge is -2.45. The van der Waals surface area contributed by atoms with Gasteiger partial charge in [0, 0.05) is 42.3 Å². The van der Waals surface area contributed by atoms with Gasteiger partial charge in [-0.2, -0.15) is 0 Å². The highest BCUT2D eigenvalue weighted by Gasteiger charge is 2.53. The molecule has 4 amide bonds. The minimum atomic E-state index is -0.789. The number of imide groups is 1. The van der Waals surface area contributed by atoms with Crippen LogP contribution < -0.4 is 11.1 Å². The molecule has 1 aromatic carbocycles. The van der Waals surface area contributed by atoms with E-state index in [-0.39, 0.29) is 17.8 Å². The van der Waals surface area contributed by atoms with Crippen molar-refractivity contribution in [3.05, 3.63) is 29.8 Å². The first-order valence-corrected chi connectivity index (χ1v) is 12.2. The molecule has 0 aliphatic carbocycles. The van der Waals surface area contributed by atoms with Gasteiger partial charge in [-0.15, -0.1) is 11.3 Å². The van der Waals surface area contributed by atoms with Gasteiger partial charge >= 0.3 is 6.03 Å². The van der Waals surface area contributed by atoms with Crippen molar-refractivity contribution >= 4 is 44.3 Å². The second kappa shape index (κ2) is 8.04. The number of likely N-dealkylation sites (N-methyl/N-ethyl adjacent to an activating group) is 1. The summed E-state index contributed by atoms with van der Waals surface area (Å²) < 4.78 is 1.03. The summed E-state index contributed by atoms with van der Waals surface area (Å²) in [6, 6.07) is 7.87. The van der Waals surface area contributed by atoms with Gasteiger partial charge in [-0.25, -0.2) is 4.79 Å². The summed E-state index contributed by atoms with van der Waals surface area (Å²) in [6.45, 7) is 5.02. The first-order valence-electron chi connectivity index (χ1n) is 11.4. The van der Waals surface area contributed by atoms with E-state index in [0.717, 1.165) is 35.9 Å². The van der Waals surface area contributed by atoms with E-state index in [1.807, 2.05) is 36.1 Å². The van der Waals surface area contributed by atoms with Crippen LogP contribution in [0.25, 0.3) is 10.1 Å². The van der Waals surface area contributed by atoms with Crippen LogP contribution in [0.2, 0.25) is 0 Å². The molecule has 8 nitrogen and oxygen atoms in total. The van der Waals surface area contributed by atoms with Crippen molar-refractivity contribution in [2.24, 2.45) is 0 Å². The fourth-order valence-corrected chi connectivity index (χ4v) is 6.48. The predicted molar refractivity (Wildman–Crippen MR) is 125 cm³/mol. The van der Waals surface area contributed by atoms with Crippen LogP contribution in [0.1, 0.15) is 43.0 Å². The summed E-state index contributed by atoms with van der Waals surface area (Å²) >= 11 is 1.46. The first kappa shape index (κ1) is 21.2. The Morgan fingerprint density at radius 2 is 1.97 bits per heavy atom. The molecule has 0 bridgehead atoms. The molecule has 3 aliphatic heterocycles. The summed E-state index contributed by atoms with van der Waals surface area (Å²) in [5.74, 6) is -0.0903. The number of piperidine rings is 2. The van der Waals surface area contributed by atoms with Crippen LogP contribution >= 0.6 is 11.3 Å². The van der Waals surface area contributed by atoms with Crippen LogP contribution in [0.4, 0.5) is 9.80 Å². The van der Waals surface area contributed by atoms with Crippen LogP contribution in [-0.4, -0.2) is 76.8 Å². The first-order chi connectivity index (χ1) is 15.4. The van der Waals surface area contributed by atoms with Gasteiger partial charge in [0.25, 0.3) is 11.8 Å². The zero-order valence-corrected chi connectivity index (χ0v) is 19.1. The van der Waals surface area contributed by atoms with Gasteiger partial charge in [-0.1, -0.05) is 18.2 Å². The lowest BCUT2D eigenvalue weighted by molar-refractivity contribution is -0.133. The molecule has 2 aromatic rings. The van der Waals surface area contributed by atoms with Crippen LogP contribution in [0.5, 0.6) is 0 Å². The number of nitrogens with one attached hydrogen (secondary N) is 1. The number of nitrogen functional groups attached to an aromatic ring is 1. The SMILES string of the molecule is CCN1C(=O)NC2(CCCN(C3CCN(C(=O)c4c(N)sc5ccccc45)CC3)C2)C1=O. The van der Waals surface area contributed by atoms with Crippen LogP contribution in [0.15, 0.2) is 24.3 Å². The molecule has 9 heteroatoms. The van der Waals surface area contributed by atoms with Gasteiger partial charge in [0.1, 0.15) is 5.54 Å². The van der Waals surface area contributed by atoms with Crippen LogP contribution in [-0.2, 0) is 4.79 Å². The number of carbonyl (C=O) groups is 3. The molecule has 0 radical (unpaired) electrons. The molecule has 3 N–H and O–H groups in total. The molecule has 3 fully saturated rings. The van der Waals surface area contributed by atoms with Crippen LogP contribution in [0, 0.1) is 0 Å². The summed E-state index contributed by atoms with van der Waals surface area (Å²) in [5, 5.41) is 4.48. The van der Waals surface area contributed by atoms with Gasteiger partial charge in [0.2, 0.25) is 0 Å². The molecular weight excluding hydrogens is 426 g/mol. The molecule has 3 aliphatic rings. The highest BCUT2D eigenvalue weighted by atomic mass is 32.1. The van der Waals surface area contributed by atoms with Crippen molar-refractivity contribution in [3.8, 4) is 0 Å². The highest BCUT2D eigenvalue weighted by Crippen LogP contribution is 2.35. The number of hydrogen-bond donors (Lipinski definition) is 2. The van der Waals surface area contributed by atoms with Crippen molar-refractivity contribution in [1.82, 2.24) is 20.0 Å². The maximum absolute atomic E-state index is 13.3. The highest BCUT2D eigenvalue weighted by molar-refractivity contribution is 7.23. The van der Waals surface area contributed by atoms with Gasteiger partial charge < -0.3 is 16.0 Å². The Bertz CT molecular complexity index is 1080. The Morgan fingerprint density at radius 3 is 2.69 bits per heavy atom. The Labute approximate surface area is 191 Å². The molecule has 1 aromatic heterocycles. The Morgan fingerprint density at radius 1 is 1.22 bits per heavy atom. The minimum Gasteiger partial charge on any atom is -0.390 e. The third-order valence-electron chi connectivity index (χ3n) is 7.19. The number of benzene rings is 1. The van der Waals surface area contributed by atoms with E-state index in [4.69, 9.17) is 5.73 Å². The van der Waals surface area contributed by atoms with E-state index in [1.54, 1.807) is 0 Å². The summed E-state index contributed by atoms with van der Waals surface area (Å²) in [7, 11) is 0. The maximum atomic E-state index is 13.3. The molecule has 5 rings (SSSR count). The van der Waals surface area contributed by atoms with Crippen molar-refractivity contribution in [2.75, 3.05) is 38.5 Å². The number of nitrogens with zero attached hydrogens (tertiary/aromatic N) is 3. The number of amides is 4. The number of nitrogens with two attached hydrogens (primary N) is 1. The standard InChI is InChI=1S/C23H29N5O3S/c1-2-28-21(30)23(25-22(28)31)10-5-11-27(14-23)15-8-12-26(13-9-15)20(29)18-16-6-3-4-7-17(16)32-19(18)24/h3-4,6-7,15H,2,5,8-14,24H2,1H3,(H,25,31). The molecule has 1 spiro atoms. The topological polar surface area (TPSA) is 99.0 Å². The monoisotopic (exact) mass is 455 g/mol. The average Bonchev–Trinajstić information content (AvgIpc) is 3.25. The zero-order chi connectivity index (χ0) is 22.5. The van der Waals surface area contributed by atoms with Crippen molar-refractivity contribution in [1.29, 1.82) is 0 Å². The Kier molecular flexibility index (Phi) is 5.33. The van der Waals surface area contributed by atoms with E-state index in [9.17, 15) is 14.4 Å². The lowest BCUT2D eigenvalue weighted by Crippen LogP contribution is -2.61. The second-order valence-corrected chi connectivity index (χ2v) is 10.1. The van der Waals surface area contributed by atoms with E-state index < -0.39 is 5.54 Å². The third-order valence-corrected chi connectivity index (χ3v) is 8.19. The average molecular weight is 456 g/mol. The zero-order valence-electron chi connectivity index (χ0n) is 18.3. The number of anilines is 1. The third kappa shape index (κ3) is 3.34. The Balaban J connectivity index is 1.26. The Hall–Kier alpha value is -2.65. The second-order valence-electron chi connectivity index (χ2n) is 9.00. The van der Waals surface area contributed by atoms with E-state index in [0.29, 0.717) is 49.2 Å². The van der Waals surface area contributed by atoms with Gasteiger partial charge in [0.15, 0.2) is 0 Å². The molecular formula is C23H29N5O3S. The fraction of sp³-hybridized carbons (Fsp3) is 0.522. The van der Waals surface area contributed by atoms with E-state index in [2.05, 4.69) is 10.2 Å². The summed E-state index contributed by atoms with van der Waals surface area (Å²) in [6.07, 6.45) is 3.26. The molecule has 32 heavy (non-hydrogen) atoms. The van der Waals surface area contributed by atoms with Crippen LogP contribution in [0.3, 0.4) is 0 Å². The molecule has 3 saturated heterocycles. The predicted octanol–water partition coefficient (Wildman–Crippen LogP) is 2.49. The van der Waals surface area contributed by atoms with Crippen molar-refractivity contribution in [3.63, 3.8) is 0 Å². The lowest BCUT2D eigenvalue weighted by atomic mass is 9.87. The number of carbonyl (C=O) groups excluding carboxylic acids is 3. The molecule has 0 saturated carbocycles. The summed E-state index contributed by atoms with van der Waals surface area (Å²) in [5.41, 5.74) is 6.05. The quantitative estimate of drug-likeness (QED) is 0.693. The minimum absolute atomic E-state index is 0.00494. The van der Waals surface area contributed by atoms with Crippen molar-refractivity contribution < 1.29 is 14.4 Å². The number of thiophene rings is 1. The smallest absolute Gasteiger partial charge is 0.325 e. The maximum Gasteiger partial charge on any atom is 0.325 e. The molecule has 4 heterocycles. The largest absolute Gasteiger partial charge is 0.390 e. The normalized spacial score (nSPS) is 25.2. The number of urea groups is 1.